The standard InChI is InChI=1S/C17H12N6OS/c18-9-11-4-1-2-5-12(11)10-25-15-8-14-20-16(13-6-3-7-24-13)22-23(14)17(19)21-15/h1-8H,10H2,(H2,19,21). The second-order valence-electron chi connectivity index (χ2n) is 5.19. The van der Waals surface area contributed by atoms with Crippen LogP contribution < -0.4 is 5.73 Å². The van der Waals surface area contributed by atoms with Crippen molar-refractivity contribution in [2.45, 2.75) is 10.8 Å². The summed E-state index contributed by atoms with van der Waals surface area (Å²) in [5.74, 6) is 1.89. The molecule has 0 bridgehead atoms. The lowest BCUT2D eigenvalue weighted by Crippen LogP contribution is -2.02. The molecule has 0 unspecified atom stereocenters. The number of nitrogen functional groups attached to an aromatic ring is 1. The average Bonchev–Trinajstić information content (AvgIpc) is 3.29. The van der Waals surface area contributed by atoms with Crippen molar-refractivity contribution in [3.63, 3.8) is 0 Å². The highest BCUT2D eigenvalue weighted by atomic mass is 32.2. The van der Waals surface area contributed by atoms with Crippen LogP contribution in [0.3, 0.4) is 0 Å². The predicted molar refractivity (Wildman–Crippen MR) is 93.6 cm³/mol. The number of nitrogens with two attached hydrogens (primary N) is 1. The van der Waals surface area contributed by atoms with Crippen molar-refractivity contribution < 1.29 is 4.42 Å². The molecule has 0 saturated carbocycles. The van der Waals surface area contributed by atoms with Gasteiger partial charge in [0.05, 0.1) is 17.9 Å². The maximum Gasteiger partial charge on any atom is 0.224 e. The average molecular weight is 348 g/mol. The Morgan fingerprint density at radius 3 is 2.88 bits per heavy atom. The van der Waals surface area contributed by atoms with Gasteiger partial charge in [0.1, 0.15) is 5.03 Å². The fourth-order valence-electron chi connectivity index (χ4n) is 2.38. The van der Waals surface area contributed by atoms with Crippen molar-refractivity contribution >= 4 is 23.4 Å². The molecule has 0 atom stereocenters. The Labute approximate surface area is 147 Å². The van der Waals surface area contributed by atoms with Crippen LogP contribution in [0.2, 0.25) is 0 Å². The topological polar surface area (TPSA) is 106 Å². The molecule has 1 aromatic carbocycles. The van der Waals surface area contributed by atoms with E-state index in [9.17, 15) is 0 Å². The molecule has 0 aliphatic carbocycles. The van der Waals surface area contributed by atoms with Crippen molar-refractivity contribution in [1.29, 1.82) is 5.26 Å². The zero-order valence-electron chi connectivity index (χ0n) is 13.0. The van der Waals surface area contributed by atoms with E-state index in [-0.39, 0.29) is 5.95 Å². The molecule has 0 fully saturated rings. The third-order valence-electron chi connectivity index (χ3n) is 3.58. The van der Waals surface area contributed by atoms with E-state index in [0.717, 1.165) is 10.6 Å². The number of rotatable bonds is 4. The van der Waals surface area contributed by atoms with Gasteiger partial charge >= 0.3 is 0 Å². The smallest absolute Gasteiger partial charge is 0.224 e. The molecule has 3 heterocycles. The van der Waals surface area contributed by atoms with Gasteiger partial charge in [-0.05, 0) is 23.8 Å². The number of nitrogens with zero attached hydrogens (tertiary/aromatic N) is 5. The summed E-state index contributed by atoms with van der Waals surface area (Å²) in [4.78, 5) is 8.79. The molecular formula is C17H12N6OS. The Hall–Kier alpha value is -3.31. The summed E-state index contributed by atoms with van der Waals surface area (Å²) in [6.45, 7) is 0. The second kappa shape index (κ2) is 6.30. The normalized spacial score (nSPS) is 10.8. The summed E-state index contributed by atoms with van der Waals surface area (Å²) < 4.78 is 6.79. The quantitative estimate of drug-likeness (QED) is 0.446. The first-order valence-electron chi connectivity index (χ1n) is 7.42. The summed E-state index contributed by atoms with van der Waals surface area (Å²) in [6.07, 6.45) is 1.57. The van der Waals surface area contributed by atoms with Crippen molar-refractivity contribution in [3.05, 3.63) is 59.9 Å². The van der Waals surface area contributed by atoms with E-state index in [1.165, 1.54) is 16.3 Å². The Bertz CT molecular complexity index is 1080. The number of anilines is 1. The molecule has 8 heteroatoms. The number of nitriles is 1. The van der Waals surface area contributed by atoms with Crippen molar-refractivity contribution in [2.75, 3.05) is 5.73 Å². The lowest BCUT2D eigenvalue weighted by molar-refractivity contribution is 0.577. The predicted octanol–water partition coefficient (Wildman–Crippen LogP) is 3.13. The molecule has 0 aliphatic heterocycles. The van der Waals surface area contributed by atoms with Gasteiger partial charge in [-0.2, -0.15) is 9.78 Å². The highest BCUT2D eigenvalue weighted by Crippen LogP contribution is 2.25. The molecule has 2 N–H and O–H groups in total. The zero-order valence-corrected chi connectivity index (χ0v) is 13.8. The monoisotopic (exact) mass is 348 g/mol. The molecule has 4 rings (SSSR count). The van der Waals surface area contributed by atoms with Gasteiger partial charge in [-0.25, -0.2) is 9.97 Å². The highest BCUT2D eigenvalue weighted by molar-refractivity contribution is 7.98. The number of hydrogen-bond acceptors (Lipinski definition) is 7. The number of fused-ring (bicyclic) bond motifs is 1. The molecule has 4 aromatic rings. The van der Waals surface area contributed by atoms with Gasteiger partial charge in [-0.15, -0.1) is 16.9 Å². The minimum absolute atomic E-state index is 0.249. The van der Waals surface area contributed by atoms with Crippen LogP contribution in [0.4, 0.5) is 5.95 Å². The number of aromatic nitrogens is 4. The minimum Gasteiger partial charge on any atom is -0.461 e. The van der Waals surface area contributed by atoms with E-state index in [0.29, 0.717) is 28.5 Å². The first-order valence-corrected chi connectivity index (χ1v) is 8.41. The molecule has 25 heavy (non-hydrogen) atoms. The number of thioether (sulfide) groups is 1. The first kappa shape index (κ1) is 15.2. The number of furan rings is 1. The molecule has 0 spiro atoms. The molecule has 0 saturated heterocycles. The summed E-state index contributed by atoms with van der Waals surface area (Å²) in [5.41, 5.74) is 8.21. The van der Waals surface area contributed by atoms with Crippen molar-refractivity contribution in [3.8, 4) is 17.7 Å². The van der Waals surface area contributed by atoms with Gasteiger partial charge in [0.2, 0.25) is 11.8 Å². The van der Waals surface area contributed by atoms with E-state index in [1.54, 1.807) is 24.5 Å². The Kier molecular flexibility index (Phi) is 3.84. The van der Waals surface area contributed by atoms with Gasteiger partial charge in [0, 0.05) is 11.8 Å². The van der Waals surface area contributed by atoms with E-state index in [1.807, 2.05) is 24.3 Å². The van der Waals surface area contributed by atoms with Crippen LogP contribution in [0.5, 0.6) is 0 Å². The lowest BCUT2D eigenvalue weighted by Gasteiger charge is -2.05. The van der Waals surface area contributed by atoms with Gasteiger partial charge in [-0.3, -0.25) is 0 Å². The highest BCUT2D eigenvalue weighted by Gasteiger charge is 2.13. The fourth-order valence-corrected chi connectivity index (χ4v) is 3.28. The summed E-state index contributed by atoms with van der Waals surface area (Å²) >= 11 is 1.49. The van der Waals surface area contributed by atoms with Crippen molar-refractivity contribution in [2.24, 2.45) is 0 Å². The summed E-state index contributed by atoms with van der Waals surface area (Å²) in [6, 6.07) is 15.1. The van der Waals surface area contributed by atoms with E-state index >= 15 is 0 Å². The van der Waals surface area contributed by atoms with Gasteiger partial charge in [0.25, 0.3) is 0 Å². The van der Waals surface area contributed by atoms with E-state index < -0.39 is 0 Å². The Morgan fingerprint density at radius 1 is 1.20 bits per heavy atom. The molecule has 3 aromatic heterocycles. The molecule has 0 amide bonds. The van der Waals surface area contributed by atoms with E-state index in [4.69, 9.17) is 15.4 Å². The number of benzene rings is 1. The maximum atomic E-state index is 9.17. The Balaban J connectivity index is 1.63. The molecular weight excluding hydrogens is 336 g/mol. The molecule has 7 nitrogen and oxygen atoms in total. The fraction of sp³-hybridized carbons (Fsp3) is 0.0588. The first-order chi connectivity index (χ1) is 12.2. The maximum absolute atomic E-state index is 9.17. The van der Waals surface area contributed by atoms with Crippen LogP contribution >= 0.6 is 11.8 Å². The third kappa shape index (κ3) is 2.93. The van der Waals surface area contributed by atoms with E-state index in [2.05, 4.69) is 21.1 Å². The van der Waals surface area contributed by atoms with Crippen LogP contribution in [0.25, 0.3) is 17.2 Å². The van der Waals surface area contributed by atoms with Crippen LogP contribution in [0, 0.1) is 11.3 Å². The largest absolute Gasteiger partial charge is 0.461 e. The van der Waals surface area contributed by atoms with Gasteiger partial charge < -0.3 is 10.2 Å². The molecule has 122 valence electrons. The van der Waals surface area contributed by atoms with Gasteiger partial charge in [-0.1, -0.05) is 18.2 Å². The third-order valence-corrected chi connectivity index (χ3v) is 4.54. The molecule has 0 aliphatic rings. The zero-order chi connectivity index (χ0) is 17.2. The SMILES string of the molecule is N#Cc1ccccc1CSc1cc2nc(-c3ccco3)nn2c(N)n1. The van der Waals surface area contributed by atoms with Gasteiger partial charge in [0.15, 0.2) is 11.4 Å². The summed E-state index contributed by atoms with van der Waals surface area (Å²) in [7, 11) is 0. The lowest BCUT2D eigenvalue weighted by atomic mass is 10.1. The van der Waals surface area contributed by atoms with Crippen LogP contribution in [0.15, 0.2) is 58.2 Å². The van der Waals surface area contributed by atoms with Crippen LogP contribution in [-0.4, -0.2) is 19.6 Å². The molecule has 0 radical (unpaired) electrons. The second-order valence-corrected chi connectivity index (χ2v) is 6.19. The van der Waals surface area contributed by atoms with Crippen LogP contribution in [0.1, 0.15) is 11.1 Å². The minimum atomic E-state index is 0.249. The van der Waals surface area contributed by atoms with Crippen molar-refractivity contribution in [1.82, 2.24) is 19.6 Å². The Morgan fingerprint density at radius 2 is 2.08 bits per heavy atom. The number of hydrogen-bond donors (Lipinski definition) is 1. The summed E-state index contributed by atoms with van der Waals surface area (Å²) in [5, 5.41) is 14.2. The van der Waals surface area contributed by atoms with Crippen LogP contribution in [-0.2, 0) is 5.75 Å².